The second-order valence-corrected chi connectivity index (χ2v) is 7.80. The number of carbonyl (C=O) groups is 1. The number of rotatable bonds is 4. The van der Waals surface area contributed by atoms with Crippen molar-refractivity contribution < 1.29 is 9.53 Å². The Morgan fingerprint density at radius 1 is 1.18 bits per heavy atom. The number of hydrogen-bond acceptors (Lipinski definition) is 3. The number of guanidine groups is 1. The van der Waals surface area contributed by atoms with E-state index >= 15 is 0 Å². The number of carbonyl (C=O) groups excluding carboxylic acids is 1. The molecule has 1 saturated carbocycles. The molecule has 6 nitrogen and oxygen atoms in total. The Kier molecular flexibility index (Phi) is 7.56. The molecule has 1 aromatic carbocycles. The third kappa shape index (κ3) is 5.17. The minimum absolute atomic E-state index is 0. The molecular formula is C21H31IN4O2. The van der Waals surface area contributed by atoms with Gasteiger partial charge in [-0.2, -0.15) is 0 Å². The number of piperazine rings is 1. The van der Waals surface area contributed by atoms with Gasteiger partial charge < -0.3 is 19.9 Å². The molecule has 1 aromatic rings. The molecule has 7 heteroatoms. The summed E-state index contributed by atoms with van der Waals surface area (Å²) in [5.41, 5.74) is 1.41. The molecule has 3 aliphatic rings. The zero-order chi connectivity index (χ0) is 18.6. The largest absolute Gasteiger partial charge is 0.368 e. The van der Waals surface area contributed by atoms with Gasteiger partial charge in [0.05, 0.1) is 0 Å². The quantitative estimate of drug-likeness (QED) is 0.393. The molecule has 1 N–H and O–H groups in total. The number of benzene rings is 1. The van der Waals surface area contributed by atoms with Crippen LogP contribution in [0.3, 0.4) is 0 Å². The maximum absolute atomic E-state index is 12.5. The van der Waals surface area contributed by atoms with Crippen LogP contribution in [0.25, 0.3) is 0 Å². The van der Waals surface area contributed by atoms with E-state index in [0.717, 1.165) is 58.0 Å². The molecule has 0 spiro atoms. The summed E-state index contributed by atoms with van der Waals surface area (Å²) in [6, 6.07) is 11.2. The van der Waals surface area contributed by atoms with Crippen LogP contribution < -0.4 is 5.32 Å². The van der Waals surface area contributed by atoms with Crippen LogP contribution in [-0.4, -0.2) is 73.6 Å². The average molecular weight is 498 g/mol. The van der Waals surface area contributed by atoms with Gasteiger partial charge in [-0.15, -0.1) is 24.0 Å². The lowest BCUT2D eigenvalue weighted by molar-refractivity contribution is -0.142. The first kappa shape index (κ1) is 21.4. The maximum Gasteiger partial charge on any atom is 0.251 e. The number of nitrogens with zero attached hydrogens (tertiary/aromatic N) is 3. The van der Waals surface area contributed by atoms with E-state index < -0.39 is 0 Å². The Hall–Kier alpha value is -1.35. The summed E-state index contributed by atoms with van der Waals surface area (Å²) in [7, 11) is 1.85. The van der Waals surface area contributed by atoms with E-state index in [1.807, 2.05) is 11.9 Å². The van der Waals surface area contributed by atoms with Crippen molar-refractivity contribution in [3.8, 4) is 0 Å². The van der Waals surface area contributed by atoms with Crippen LogP contribution in [0.15, 0.2) is 35.3 Å². The van der Waals surface area contributed by atoms with Crippen molar-refractivity contribution in [1.29, 1.82) is 0 Å². The summed E-state index contributed by atoms with van der Waals surface area (Å²) in [6.45, 7) is 3.87. The molecule has 2 aliphatic heterocycles. The number of nitrogens with one attached hydrogen (secondary N) is 1. The van der Waals surface area contributed by atoms with Crippen LogP contribution in [0.2, 0.25) is 0 Å². The molecule has 2 saturated heterocycles. The smallest absolute Gasteiger partial charge is 0.251 e. The van der Waals surface area contributed by atoms with Gasteiger partial charge in [0.25, 0.3) is 5.91 Å². The summed E-state index contributed by atoms with van der Waals surface area (Å²) in [5, 5.41) is 3.63. The van der Waals surface area contributed by atoms with Gasteiger partial charge in [0, 0.05) is 45.9 Å². The van der Waals surface area contributed by atoms with Crippen LogP contribution >= 0.6 is 24.0 Å². The van der Waals surface area contributed by atoms with Crippen LogP contribution in [0, 0.1) is 5.92 Å². The van der Waals surface area contributed by atoms with E-state index in [-0.39, 0.29) is 36.0 Å². The Labute approximate surface area is 184 Å². The standard InChI is InChI=1S/C21H30N4O2.HI/c1-22-21(23-18-15-17(18)14-16-6-3-2-4-7-16)25-11-9-24(10-12-25)20(26)19-8-5-13-27-19;/h2-4,6-7,17-19H,5,8-15H2,1H3,(H,22,23);1H. The first-order valence-electron chi connectivity index (χ1n) is 10.2. The Morgan fingerprint density at radius 2 is 1.89 bits per heavy atom. The number of amides is 1. The molecule has 3 unspecified atom stereocenters. The summed E-state index contributed by atoms with van der Waals surface area (Å²) < 4.78 is 5.54. The summed E-state index contributed by atoms with van der Waals surface area (Å²) in [6.07, 6.45) is 3.98. The van der Waals surface area contributed by atoms with Crippen LogP contribution in [0.5, 0.6) is 0 Å². The summed E-state index contributed by atoms with van der Waals surface area (Å²) in [4.78, 5) is 21.2. The Bertz CT molecular complexity index is 670. The normalized spacial score (nSPS) is 27.3. The monoisotopic (exact) mass is 498 g/mol. The molecule has 4 rings (SSSR count). The first-order chi connectivity index (χ1) is 13.2. The van der Waals surface area contributed by atoms with E-state index in [1.54, 1.807) is 0 Å². The van der Waals surface area contributed by atoms with Crippen molar-refractivity contribution in [3.63, 3.8) is 0 Å². The number of aliphatic imine (C=N–C) groups is 1. The maximum atomic E-state index is 12.5. The van der Waals surface area contributed by atoms with E-state index in [9.17, 15) is 4.79 Å². The molecule has 3 fully saturated rings. The van der Waals surface area contributed by atoms with E-state index in [2.05, 4.69) is 45.5 Å². The molecule has 1 amide bonds. The molecule has 28 heavy (non-hydrogen) atoms. The molecule has 0 radical (unpaired) electrons. The zero-order valence-electron chi connectivity index (χ0n) is 16.5. The predicted molar refractivity (Wildman–Crippen MR) is 121 cm³/mol. The van der Waals surface area contributed by atoms with Crippen molar-refractivity contribution >= 4 is 35.8 Å². The fourth-order valence-electron chi connectivity index (χ4n) is 4.14. The number of hydrogen-bond donors (Lipinski definition) is 1. The van der Waals surface area contributed by atoms with Crippen molar-refractivity contribution in [2.75, 3.05) is 39.8 Å². The molecule has 0 aromatic heterocycles. The zero-order valence-corrected chi connectivity index (χ0v) is 18.9. The molecule has 154 valence electrons. The van der Waals surface area contributed by atoms with Crippen molar-refractivity contribution in [2.24, 2.45) is 10.9 Å². The highest BCUT2D eigenvalue weighted by molar-refractivity contribution is 14.0. The van der Waals surface area contributed by atoms with Gasteiger partial charge in [0.1, 0.15) is 6.10 Å². The van der Waals surface area contributed by atoms with Gasteiger partial charge in [-0.05, 0) is 37.2 Å². The van der Waals surface area contributed by atoms with E-state index in [0.29, 0.717) is 12.0 Å². The molecule has 0 bridgehead atoms. The fourth-order valence-corrected chi connectivity index (χ4v) is 4.14. The number of ether oxygens (including phenoxy) is 1. The van der Waals surface area contributed by atoms with Gasteiger partial charge in [0.15, 0.2) is 5.96 Å². The van der Waals surface area contributed by atoms with Crippen LogP contribution in [0.4, 0.5) is 0 Å². The fraction of sp³-hybridized carbons (Fsp3) is 0.619. The minimum atomic E-state index is -0.209. The van der Waals surface area contributed by atoms with Gasteiger partial charge in [-0.1, -0.05) is 30.3 Å². The van der Waals surface area contributed by atoms with Crippen molar-refractivity contribution in [2.45, 2.75) is 37.8 Å². The highest BCUT2D eigenvalue weighted by Gasteiger charge is 2.39. The third-order valence-corrected chi connectivity index (χ3v) is 5.89. The van der Waals surface area contributed by atoms with Crippen molar-refractivity contribution in [1.82, 2.24) is 15.1 Å². The first-order valence-corrected chi connectivity index (χ1v) is 10.2. The minimum Gasteiger partial charge on any atom is -0.368 e. The van der Waals surface area contributed by atoms with Crippen LogP contribution in [0.1, 0.15) is 24.8 Å². The second kappa shape index (κ2) is 9.91. The molecular weight excluding hydrogens is 467 g/mol. The second-order valence-electron chi connectivity index (χ2n) is 7.80. The van der Waals surface area contributed by atoms with Crippen LogP contribution in [-0.2, 0) is 16.0 Å². The highest BCUT2D eigenvalue weighted by Crippen LogP contribution is 2.34. The topological polar surface area (TPSA) is 57.2 Å². The summed E-state index contributed by atoms with van der Waals surface area (Å²) >= 11 is 0. The third-order valence-electron chi connectivity index (χ3n) is 5.89. The lowest BCUT2D eigenvalue weighted by Crippen LogP contribution is -2.55. The predicted octanol–water partition coefficient (Wildman–Crippen LogP) is 2.13. The SMILES string of the molecule is CN=C(NC1CC1Cc1ccccc1)N1CCN(C(=O)C2CCCO2)CC1.I. The summed E-state index contributed by atoms with van der Waals surface area (Å²) in [5.74, 6) is 1.83. The lowest BCUT2D eigenvalue weighted by atomic mass is 10.1. The van der Waals surface area contributed by atoms with Gasteiger partial charge >= 0.3 is 0 Å². The average Bonchev–Trinajstić information content (AvgIpc) is 3.20. The molecule has 1 aliphatic carbocycles. The highest BCUT2D eigenvalue weighted by atomic mass is 127. The number of halogens is 1. The Morgan fingerprint density at radius 3 is 2.54 bits per heavy atom. The lowest BCUT2D eigenvalue weighted by Gasteiger charge is -2.37. The van der Waals surface area contributed by atoms with Gasteiger partial charge in [-0.25, -0.2) is 0 Å². The van der Waals surface area contributed by atoms with E-state index in [1.165, 1.54) is 12.0 Å². The van der Waals surface area contributed by atoms with Gasteiger partial charge in [0.2, 0.25) is 0 Å². The molecule has 3 atom stereocenters. The van der Waals surface area contributed by atoms with Crippen molar-refractivity contribution in [3.05, 3.63) is 35.9 Å². The van der Waals surface area contributed by atoms with Gasteiger partial charge in [-0.3, -0.25) is 9.79 Å². The van der Waals surface area contributed by atoms with E-state index in [4.69, 9.17) is 4.74 Å². The molecule has 2 heterocycles. The Balaban J connectivity index is 0.00000225.